The number of esters is 3. The third kappa shape index (κ3) is 60.0. The summed E-state index contributed by atoms with van der Waals surface area (Å²) in [5.41, 5.74) is 0. The molecule has 0 aliphatic heterocycles. The second kappa shape index (κ2) is 62.5. The minimum absolute atomic E-state index is 0.156. The fourth-order valence-electron chi connectivity index (χ4n) is 9.60. The van der Waals surface area contributed by atoms with Crippen molar-refractivity contribution in [2.24, 2.45) is 0 Å². The first-order valence-corrected chi connectivity index (χ1v) is 35.0. The normalized spacial score (nSPS) is 13.5. The van der Waals surface area contributed by atoms with E-state index in [0.29, 0.717) is 19.3 Å². The van der Waals surface area contributed by atoms with Gasteiger partial charge in [0.15, 0.2) is 6.10 Å². The number of unbranched alkanes of at least 4 members (excludes halogenated alkanes) is 38. The van der Waals surface area contributed by atoms with Crippen LogP contribution >= 0.6 is 7.82 Å². The summed E-state index contributed by atoms with van der Waals surface area (Å²) in [6, 6.07) is 0. The average molecular weight is 1150 g/mol. The molecule has 0 aromatic rings. The van der Waals surface area contributed by atoms with Crippen LogP contribution in [-0.2, 0) is 42.2 Å². The molecule has 3 unspecified atom stereocenters. The van der Waals surface area contributed by atoms with E-state index in [4.69, 9.17) is 23.3 Å². The first-order chi connectivity index (χ1) is 39.2. The quantitative estimate of drug-likeness (QED) is 0.0197. The van der Waals surface area contributed by atoms with Gasteiger partial charge in [-0.05, 0) is 83.5 Å². The lowest BCUT2D eigenvalue weighted by atomic mass is 10.0. The molecule has 80 heavy (non-hydrogen) atoms. The number of carbonyl (C=O) groups is 3. The number of phosphoric acid groups is 1. The maximum atomic E-state index is 13.0. The predicted octanol–water partition coefficient (Wildman–Crippen LogP) is 20.5. The van der Waals surface area contributed by atoms with Crippen molar-refractivity contribution in [2.75, 3.05) is 26.4 Å². The molecule has 0 aliphatic carbocycles. The third-order valence-electron chi connectivity index (χ3n) is 14.7. The molecular weight excluding hydrogens is 1020 g/mol. The average Bonchev–Trinajstić information content (AvgIpc) is 3.45. The highest BCUT2D eigenvalue weighted by molar-refractivity contribution is 7.47. The van der Waals surface area contributed by atoms with Gasteiger partial charge in [-0.15, -0.1) is 0 Å². The molecule has 0 aliphatic rings. The van der Waals surface area contributed by atoms with E-state index in [1.165, 1.54) is 180 Å². The summed E-state index contributed by atoms with van der Waals surface area (Å²) >= 11 is 0. The van der Waals surface area contributed by atoms with Crippen molar-refractivity contribution in [3.63, 3.8) is 0 Å². The van der Waals surface area contributed by atoms with Gasteiger partial charge >= 0.3 is 25.7 Å². The van der Waals surface area contributed by atoms with Crippen LogP contribution < -0.4 is 0 Å². The van der Waals surface area contributed by atoms with Crippen molar-refractivity contribution in [3.8, 4) is 0 Å². The Balaban J connectivity index is 4.66. The Morgan fingerprint density at radius 2 is 0.613 bits per heavy atom. The molecule has 0 fully saturated rings. The summed E-state index contributed by atoms with van der Waals surface area (Å²) in [6.07, 6.45) is 69.1. The predicted molar refractivity (Wildman–Crippen MR) is 335 cm³/mol. The number of allylic oxidation sites excluding steroid dienone is 8. The fourth-order valence-corrected chi connectivity index (χ4v) is 10.4. The van der Waals surface area contributed by atoms with Gasteiger partial charge in [-0.2, -0.15) is 0 Å². The lowest BCUT2D eigenvalue weighted by Crippen LogP contribution is -2.30. The Morgan fingerprint density at radius 1 is 0.350 bits per heavy atom. The van der Waals surface area contributed by atoms with E-state index in [1.54, 1.807) is 0 Å². The second-order valence-electron chi connectivity index (χ2n) is 22.6. The van der Waals surface area contributed by atoms with Crippen LogP contribution in [0.5, 0.6) is 0 Å². The number of hydrogen-bond donors (Lipinski definition) is 2. The van der Waals surface area contributed by atoms with Crippen LogP contribution in [0.1, 0.15) is 329 Å². The minimum atomic E-state index is -4.76. The van der Waals surface area contributed by atoms with Gasteiger partial charge in [0.2, 0.25) is 0 Å². The highest BCUT2D eigenvalue weighted by Crippen LogP contribution is 2.43. The van der Waals surface area contributed by atoms with Gasteiger partial charge in [0.1, 0.15) is 12.7 Å². The van der Waals surface area contributed by atoms with Gasteiger partial charge in [0.05, 0.1) is 19.8 Å². The van der Waals surface area contributed by atoms with Crippen LogP contribution in [0.3, 0.4) is 0 Å². The smallest absolute Gasteiger partial charge is 0.462 e. The molecule has 0 amide bonds. The van der Waals surface area contributed by atoms with E-state index in [0.717, 1.165) is 89.9 Å². The molecule has 0 radical (unpaired) electrons. The van der Waals surface area contributed by atoms with E-state index in [1.807, 2.05) is 0 Å². The van der Waals surface area contributed by atoms with Gasteiger partial charge < -0.3 is 24.2 Å². The van der Waals surface area contributed by atoms with E-state index in [9.17, 15) is 28.9 Å². The molecule has 12 heteroatoms. The number of aliphatic hydroxyl groups excluding tert-OH is 1. The second-order valence-corrected chi connectivity index (χ2v) is 24.1. The molecular formula is C68H125O11P. The van der Waals surface area contributed by atoms with Crippen LogP contribution in [0.25, 0.3) is 0 Å². The van der Waals surface area contributed by atoms with Crippen molar-refractivity contribution in [1.29, 1.82) is 0 Å². The summed E-state index contributed by atoms with van der Waals surface area (Å²) in [5.74, 6) is -1.46. The monoisotopic (exact) mass is 1150 g/mol. The Bertz CT molecular complexity index is 1530. The summed E-state index contributed by atoms with van der Waals surface area (Å²) in [4.78, 5) is 48.8. The molecule has 0 aromatic carbocycles. The van der Waals surface area contributed by atoms with Gasteiger partial charge in [0, 0.05) is 19.3 Å². The van der Waals surface area contributed by atoms with Crippen molar-refractivity contribution in [2.45, 2.75) is 341 Å². The number of ether oxygens (including phenoxy) is 3. The van der Waals surface area contributed by atoms with Gasteiger partial charge in [-0.3, -0.25) is 23.4 Å². The Kier molecular flexibility index (Phi) is 60.5. The van der Waals surface area contributed by atoms with Crippen LogP contribution in [0.4, 0.5) is 0 Å². The molecule has 11 nitrogen and oxygen atoms in total. The summed E-state index contributed by atoms with van der Waals surface area (Å²) < 4.78 is 39.7. The maximum absolute atomic E-state index is 13.0. The summed E-state index contributed by atoms with van der Waals surface area (Å²) in [7, 11) is -4.76. The standard InChI is InChI=1S/C68H125O11P/c1-4-7-10-13-16-19-22-25-28-30-32-34-37-40-43-46-49-52-55-58-67(71)78-64(60-69)62-76-80(73,74)77-63-65(61-75-66(70)57-54-51-48-45-42-39-36-27-24-21-18-15-12-9-6-3)79-68(72)59-56-53-50-47-44-41-38-35-33-31-29-26-23-20-17-14-11-8-5-2/h17,20,25-26,28-29,33,35,64-65,69H,4-16,18-19,21-24,27,30-32,34,36-63H2,1-3H3,(H,73,74)/b20-17-,28-25-,29-26-,35-33-. The van der Waals surface area contributed by atoms with Crippen LogP contribution in [-0.4, -0.2) is 66.5 Å². The molecule has 0 heterocycles. The Hall–Kier alpha value is -2.56. The van der Waals surface area contributed by atoms with Gasteiger partial charge in [0.25, 0.3) is 0 Å². The van der Waals surface area contributed by atoms with Crippen molar-refractivity contribution < 1.29 is 52.2 Å². The minimum Gasteiger partial charge on any atom is -0.462 e. The van der Waals surface area contributed by atoms with E-state index in [2.05, 4.69) is 69.4 Å². The zero-order valence-corrected chi connectivity index (χ0v) is 53.0. The number of phosphoric ester groups is 1. The fraction of sp³-hybridized carbons (Fsp3) is 0.838. The lowest BCUT2D eigenvalue weighted by Gasteiger charge is -2.21. The molecule has 468 valence electrons. The van der Waals surface area contributed by atoms with Crippen LogP contribution in [0, 0.1) is 0 Å². The summed E-state index contributed by atoms with van der Waals surface area (Å²) in [6.45, 7) is 4.67. The Labute approximate surface area is 492 Å². The van der Waals surface area contributed by atoms with Crippen molar-refractivity contribution >= 4 is 25.7 Å². The van der Waals surface area contributed by atoms with E-state index in [-0.39, 0.29) is 25.9 Å². The first kappa shape index (κ1) is 77.4. The molecule has 0 saturated carbocycles. The number of rotatable bonds is 63. The third-order valence-corrected chi connectivity index (χ3v) is 15.7. The molecule has 0 spiro atoms. The van der Waals surface area contributed by atoms with Gasteiger partial charge in [-0.25, -0.2) is 4.57 Å². The zero-order chi connectivity index (χ0) is 58.3. The molecule has 0 aromatic heterocycles. The van der Waals surface area contributed by atoms with Gasteiger partial charge in [-0.1, -0.05) is 275 Å². The van der Waals surface area contributed by atoms with E-state index >= 15 is 0 Å². The Morgan fingerprint density at radius 3 is 0.975 bits per heavy atom. The SMILES string of the molecule is CCCCC/C=C\C/C=C\C/C=C\CCCCCCCCC(=O)OC(COC(=O)CCCCCCCCCCCCCCCCC)COP(=O)(O)OCC(CO)OC(=O)CCCCCCCCCCC/C=C\CCCCCCCC. The maximum Gasteiger partial charge on any atom is 0.472 e. The number of aliphatic hydroxyl groups is 1. The van der Waals surface area contributed by atoms with E-state index < -0.39 is 57.8 Å². The van der Waals surface area contributed by atoms with Crippen molar-refractivity contribution in [3.05, 3.63) is 48.6 Å². The topological polar surface area (TPSA) is 155 Å². The molecule has 0 saturated heterocycles. The lowest BCUT2D eigenvalue weighted by molar-refractivity contribution is -0.161. The largest absolute Gasteiger partial charge is 0.472 e. The van der Waals surface area contributed by atoms with Crippen LogP contribution in [0.2, 0.25) is 0 Å². The number of hydrogen-bond acceptors (Lipinski definition) is 10. The zero-order valence-electron chi connectivity index (χ0n) is 52.1. The number of carbonyl (C=O) groups excluding carboxylic acids is 3. The molecule has 2 N–H and O–H groups in total. The molecule has 3 atom stereocenters. The molecule has 0 bridgehead atoms. The first-order valence-electron chi connectivity index (χ1n) is 33.5. The van der Waals surface area contributed by atoms with Crippen molar-refractivity contribution in [1.82, 2.24) is 0 Å². The molecule has 0 rings (SSSR count). The summed E-state index contributed by atoms with van der Waals surface area (Å²) in [5, 5.41) is 9.87. The highest BCUT2D eigenvalue weighted by Gasteiger charge is 2.28. The highest BCUT2D eigenvalue weighted by atomic mass is 31.2. The van der Waals surface area contributed by atoms with Crippen LogP contribution in [0.15, 0.2) is 48.6 Å².